The Labute approximate surface area is 129 Å². The summed E-state index contributed by atoms with van der Waals surface area (Å²) in [6, 6.07) is 5.60. The van der Waals surface area contributed by atoms with E-state index < -0.39 is 0 Å². The minimum Gasteiger partial charge on any atom is -0.327 e. The molecule has 1 aliphatic heterocycles. The van der Waals surface area contributed by atoms with Crippen LogP contribution in [-0.4, -0.2) is 24.0 Å². The fourth-order valence-corrected chi connectivity index (χ4v) is 2.76. The van der Waals surface area contributed by atoms with E-state index in [2.05, 4.69) is 34.7 Å². The number of benzene rings is 1. The van der Waals surface area contributed by atoms with Crippen molar-refractivity contribution in [1.29, 1.82) is 0 Å². The van der Waals surface area contributed by atoms with E-state index in [1.807, 2.05) is 6.07 Å². The number of nitrogens with zero attached hydrogens (tertiary/aromatic N) is 1. The van der Waals surface area contributed by atoms with Gasteiger partial charge < -0.3 is 5.73 Å². The summed E-state index contributed by atoms with van der Waals surface area (Å²) in [7, 11) is 0. The first-order valence-electron chi connectivity index (χ1n) is 6.30. The quantitative estimate of drug-likeness (QED) is 0.882. The van der Waals surface area contributed by atoms with Gasteiger partial charge in [-0.05, 0) is 45.5 Å². The molecule has 1 atom stereocenters. The molecule has 0 amide bonds. The lowest BCUT2D eigenvalue weighted by molar-refractivity contribution is 0.0898. The van der Waals surface area contributed by atoms with Crippen molar-refractivity contribution in [2.75, 3.05) is 13.1 Å². The van der Waals surface area contributed by atoms with Gasteiger partial charge in [-0.1, -0.05) is 19.9 Å². The highest BCUT2D eigenvalue weighted by Gasteiger charge is 2.33. The van der Waals surface area contributed by atoms with Crippen LogP contribution in [-0.2, 0) is 6.54 Å². The molecule has 0 aromatic heterocycles. The molecule has 0 bridgehead atoms. The normalized spacial score (nSPS) is 22.9. The standard InChI is InChI=1S/C14H20BrFN2.ClH/c1-14(2)9-18(6-5-13(14)17)8-10-3-4-11(15)12(16)7-10;/h3-4,7,13H,5-6,8-9,17H2,1-2H3;1H. The van der Waals surface area contributed by atoms with Crippen molar-refractivity contribution < 1.29 is 4.39 Å². The van der Waals surface area contributed by atoms with E-state index >= 15 is 0 Å². The summed E-state index contributed by atoms with van der Waals surface area (Å²) in [5.41, 5.74) is 7.27. The predicted molar refractivity (Wildman–Crippen MR) is 83.0 cm³/mol. The van der Waals surface area contributed by atoms with Gasteiger partial charge in [-0.25, -0.2) is 4.39 Å². The third-order valence-corrected chi connectivity index (χ3v) is 4.42. The summed E-state index contributed by atoms with van der Waals surface area (Å²) >= 11 is 3.18. The van der Waals surface area contributed by atoms with Crippen LogP contribution in [0.4, 0.5) is 4.39 Å². The molecular weight excluding hydrogens is 331 g/mol. The van der Waals surface area contributed by atoms with Crippen LogP contribution in [0.15, 0.2) is 22.7 Å². The lowest BCUT2D eigenvalue weighted by Gasteiger charge is -2.42. The molecule has 108 valence electrons. The zero-order chi connectivity index (χ0) is 13.3. The predicted octanol–water partition coefficient (Wildman–Crippen LogP) is 3.57. The van der Waals surface area contributed by atoms with Gasteiger partial charge in [0.25, 0.3) is 0 Å². The molecule has 0 aliphatic carbocycles. The number of rotatable bonds is 2. The van der Waals surface area contributed by atoms with Crippen molar-refractivity contribution in [3.63, 3.8) is 0 Å². The van der Waals surface area contributed by atoms with Gasteiger partial charge in [0, 0.05) is 25.7 Å². The monoisotopic (exact) mass is 350 g/mol. The largest absolute Gasteiger partial charge is 0.327 e. The molecule has 1 saturated heterocycles. The first-order valence-corrected chi connectivity index (χ1v) is 7.10. The van der Waals surface area contributed by atoms with Crippen LogP contribution in [0.5, 0.6) is 0 Å². The molecule has 1 aromatic rings. The fraction of sp³-hybridized carbons (Fsp3) is 0.571. The van der Waals surface area contributed by atoms with E-state index in [1.54, 1.807) is 12.1 Å². The van der Waals surface area contributed by atoms with Crippen LogP contribution in [0.1, 0.15) is 25.8 Å². The van der Waals surface area contributed by atoms with E-state index in [-0.39, 0.29) is 29.7 Å². The zero-order valence-corrected chi connectivity index (χ0v) is 13.7. The van der Waals surface area contributed by atoms with Gasteiger partial charge in [-0.15, -0.1) is 12.4 Å². The van der Waals surface area contributed by atoms with Crippen molar-refractivity contribution in [2.24, 2.45) is 11.1 Å². The molecule has 5 heteroatoms. The van der Waals surface area contributed by atoms with E-state index in [9.17, 15) is 4.39 Å². The van der Waals surface area contributed by atoms with Crippen LogP contribution in [0.25, 0.3) is 0 Å². The van der Waals surface area contributed by atoms with Crippen LogP contribution < -0.4 is 5.73 Å². The molecule has 2 rings (SSSR count). The van der Waals surface area contributed by atoms with Gasteiger partial charge in [-0.3, -0.25) is 4.90 Å². The molecule has 2 N–H and O–H groups in total. The molecule has 1 aliphatic rings. The van der Waals surface area contributed by atoms with Crippen LogP contribution in [0.3, 0.4) is 0 Å². The maximum atomic E-state index is 13.5. The smallest absolute Gasteiger partial charge is 0.137 e. The minimum absolute atomic E-state index is 0. The van der Waals surface area contributed by atoms with Crippen molar-refractivity contribution in [3.05, 3.63) is 34.1 Å². The molecular formula is C14H21BrClFN2. The Balaban J connectivity index is 0.00000180. The Kier molecular flexibility index (Phi) is 5.80. The Morgan fingerprint density at radius 1 is 1.47 bits per heavy atom. The topological polar surface area (TPSA) is 29.3 Å². The zero-order valence-electron chi connectivity index (χ0n) is 11.3. The highest BCUT2D eigenvalue weighted by molar-refractivity contribution is 9.10. The Morgan fingerprint density at radius 3 is 2.74 bits per heavy atom. The maximum Gasteiger partial charge on any atom is 0.137 e. The van der Waals surface area contributed by atoms with E-state index in [0.29, 0.717) is 4.47 Å². The van der Waals surface area contributed by atoms with Crippen LogP contribution in [0.2, 0.25) is 0 Å². The number of halogens is 3. The second-order valence-corrected chi connectivity index (χ2v) is 6.70. The number of hydrogen-bond donors (Lipinski definition) is 1. The molecule has 1 fully saturated rings. The summed E-state index contributed by atoms with van der Waals surface area (Å²) in [6.07, 6.45) is 1.01. The van der Waals surface area contributed by atoms with Gasteiger partial charge in [0.05, 0.1) is 4.47 Å². The summed E-state index contributed by atoms with van der Waals surface area (Å²) in [5.74, 6) is -0.194. The van der Waals surface area contributed by atoms with E-state index in [1.165, 1.54) is 0 Å². The number of nitrogens with two attached hydrogens (primary N) is 1. The molecule has 1 aromatic carbocycles. The Morgan fingerprint density at radius 2 is 2.16 bits per heavy atom. The Hall–Kier alpha value is -0.160. The van der Waals surface area contributed by atoms with Crippen LogP contribution in [0, 0.1) is 11.2 Å². The van der Waals surface area contributed by atoms with E-state index in [4.69, 9.17) is 5.73 Å². The summed E-state index contributed by atoms with van der Waals surface area (Å²) in [6.45, 7) is 7.15. The van der Waals surface area contributed by atoms with Gasteiger partial charge in [0.1, 0.15) is 5.82 Å². The second-order valence-electron chi connectivity index (χ2n) is 5.84. The molecule has 1 unspecified atom stereocenters. The second kappa shape index (κ2) is 6.53. The minimum atomic E-state index is -0.194. The molecule has 0 saturated carbocycles. The number of piperidine rings is 1. The first-order chi connectivity index (χ1) is 8.38. The molecule has 0 radical (unpaired) electrons. The van der Waals surface area contributed by atoms with Crippen LogP contribution >= 0.6 is 28.3 Å². The third kappa shape index (κ3) is 4.15. The highest BCUT2D eigenvalue weighted by atomic mass is 79.9. The van der Waals surface area contributed by atoms with Crippen molar-refractivity contribution in [3.8, 4) is 0 Å². The summed E-state index contributed by atoms with van der Waals surface area (Å²) < 4.78 is 14.0. The first kappa shape index (κ1) is 16.9. The summed E-state index contributed by atoms with van der Waals surface area (Å²) in [4.78, 5) is 2.35. The molecule has 2 nitrogen and oxygen atoms in total. The maximum absolute atomic E-state index is 13.5. The average Bonchev–Trinajstić information content (AvgIpc) is 2.28. The van der Waals surface area contributed by atoms with Gasteiger partial charge in [0.15, 0.2) is 0 Å². The number of likely N-dealkylation sites (tertiary alicyclic amines) is 1. The lowest BCUT2D eigenvalue weighted by atomic mass is 9.79. The van der Waals surface area contributed by atoms with Gasteiger partial charge in [0.2, 0.25) is 0 Å². The summed E-state index contributed by atoms with van der Waals surface area (Å²) in [5, 5.41) is 0. The van der Waals surface area contributed by atoms with Crippen molar-refractivity contribution in [1.82, 2.24) is 4.90 Å². The molecule has 19 heavy (non-hydrogen) atoms. The molecule has 0 spiro atoms. The molecule has 1 heterocycles. The van der Waals surface area contributed by atoms with Crippen molar-refractivity contribution in [2.45, 2.75) is 32.9 Å². The number of hydrogen-bond acceptors (Lipinski definition) is 2. The van der Waals surface area contributed by atoms with Gasteiger partial charge >= 0.3 is 0 Å². The average molecular weight is 352 g/mol. The SMILES string of the molecule is CC1(C)CN(Cc2ccc(Br)c(F)c2)CCC1N.Cl. The fourth-order valence-electron chi connectivity index (χ4n) is 2.52. The Bertz CT molecular complexity index is 439. The lowest BCUT2D eigenvalue weighted by Crippen LogP contribution is -2.52. The van der Waals surface area contributed by atoms with Gasteiger partial charge in [-0.2, -0.15) is 0 Å². The van der Waals surface area contributed by atoms with Crippen molar-refractivity contribution >= 4 is 28.3 Å². The highest BCUT2D eigenvalue weighted by Crippen LogP contribution is 2.28. The van der Waals surface area contributed by atoms with E-state index in [0.717, 1.165) is 31.6 Å². The third-order valence-electron chi connectivity index (χ3n) is 3.78.